The molecule has 0 atom stereocenters. The van der Waals surface area contributed by atoms with Gasteiger partial charge < -0.3 is 19.5 Å². The van der Waals surface area contributed by atoms with Crippen LogP contribution >= 0.6 is 0 Å². The van der Waals surface area contributed by atoms with Crippen LogP contribution in [0.1, 0.15) is 18.1 Å². The predicted octanol–water partition coefficient (Wildman–Crippen LogP) is -2.65. The van der Waals surface area contributed by atoms with E-state index < -0.39 is 47.4 Å². The summed E-state index contributed by atoms with van der Waals surface area (Å²) in [5, 5.41) is 20.3. The van der Waals surface area contributed by atoms with Crippen molar-refractivity contribution in [3.63, 3.8) is 0 Å². The van der Waals surface area contributed by atoms with Crippen molar-refractivity contribution in [2.45, 2.75) is 30.6 Å². The third kappa shape index (κ3) is 7.32. The predicted molar refractivity (Wildman–Crippen MR) is 116 cm³/mol. The number of azo groups is 1. The van der Waals surface area contributed by atoms with Gasteiger partial charge in [-0.3, -0.25) is 4.79 Å². The second kappa shape index (κ2) is 11.8. The van der Waals surface area contributed by atoms with Crippen LogP contribution in [0.4, 0.5) is 17.1 Å². The summed E-state index contributed by atoms with van der Waals surface area (Å²) < 4.78 is 70.3. The maximum Gasteiger partial charge on any atom is 1.00 e. The van der Waals surface area contributed by atoms with Crippen LogP contribution in [0.3, 0.4) is 0 Å². The average molecular weight is 537 g/mol. The Morgan fingerprint density at radius 2 is 1.57 bits per heavy atom. The maximum absolute atomic E-state index is 11.9. The number of carbonyl (C=O) groups excluding carboxylic acids is 1. The number of aryl methyl sites for hydroxylation is 2. The first kappa shape index (κ1) is 31.6. The number of benzene rings is 3. The number of rotatable bonds is 5. The smallest absolute Gasteiger partial charge is 0.744 e. The first-order chi connectivity index (χ1) is 15.2. The number of anilines is 1. The molecular formula is C20H17N3Na2O8S2. The monoisotopic (exact) mass is 537 g/mol. The number of phenolic OH excluding ortho intramolecular Hbond substituents is 1. The molecule has 2 N–H and O–H groups in total. The molecule has 0 unspecified atom stereocenters. The van der Waals surface area contributed by atoms with Crippen LogP contribution in [0.15, 0.2) is 56.4 Å². The zero-order chi connectivity index (χ0) is 24.7. The van der Waals surface area contributed by atoms with E-state index in [-0.39, 0.29) is 75.6 Å². The number of aromatic hydroxyl groups is 1. The Hall–Kier alpha value is -1.39. The average Bonchev–Trinajstić information content (AvgIpc) is 2.66. The van der Waals surface area contributed by atoms with Crippen LogP contribution < -0.4 is 64.4 Å². The largest absolute Gasteiger partial charge is 1.00 e. The molecule has 1 amide bonds. The molecule has 35 heavy (non-hydrogen) atoms. The molecule has 3 aromatic carbocycles. The summed E-state index contributed by atoms with van der Waals surface area (Å²) in [7, 11) is -10.3. The molecular weight excluding hydrogens is 520 g/mol. The third-order valence-corrected chi connectivity index (χ3v) is 6.27. The van der Waals surface area contributed by atoms with Gasteiger partial charge in [0, 0.05) is 12.3 Å². The van der Waals surface area contributed by atoms with Gasteiger partial charge in [-0.15, -0.1) is 5.11 Å². The molecule has 15 heteroatoms. The molecule has 0 saturated heterocycles. The van der Waals surface area contributed by atoms with Crippen molar-refractivity contribution >= 4 is 54.0 Å². The molecule has 0 spiro atoms. The number of hydrogen-bond donors (Lipinski definition) is 2. The Bertz CT molecular complexity index is 1560. The van der Waals surface area contributed by atoms with Gasteiger partial charge >= 0.3 is 59.1 Å². The zero-order valence-corrected chi connectivity index (χ0v) is 25.1. The minimum Gasteiger partial charge on any atom is -0.744 e. The molecule has 0 aliphatic heterocycles. The number of phenols is 1. The van der Waals surface area contributed by atoms with Crippen LogP contribution in [-0.2, 0) is 25.0 Å². The fraction of sp³-hybridized carbons (Fsp3) is 0.150. The van der Waals surface area contributed by atoms with E-state index in [4.69, 9.17) is 0 Å². The van der Waals surface area contributed by atoms with Gasteiger partial charge in [-0.1, -0.05) is 17.7 Å². The second-order valence-corrected chi connectivity index (χ2v) is 9.95. The van der Waals surface area contributed by atoms with Crippen LogP contribution in [0.25, 0.3) is 10.8 Å². The van der Waals surface area contributed by atoms with E-state index in [0.29, 0.717) is 11.3 Å². The summed E-state index contributed by atoms with van der Waals surface area (Å²) in [6.07, 6.45) is 0. The van der Waals surface area contributed by atoms with Crippen molar-refractivity contribution in [2.75, 3.05) is 5.32 Å². The summed E-state index contributed by atoms with van der Waals surface area (Å²) in [4.78, 5) is 9.81. The molecule has 0 aliphatic carbocycles. The summed E-state index contributed by atoms with van der Waals surface area (Å²) in [6.45, 7) is 4.68. The van der Waals surface area contributed by atoms with E-state index in [1.807, 2.05) is 6.92 Å². The zero-order valence-electron chi connectivity index (χ0n) is 19.5. The van der Waals surface area contributed by atoms with Gasteiger partial charge in [-0.2, -0.15) is 5.11 Å². The number of hydrogen-bond acceptors (Lipinski definition) is 10. The van der Waals surface area contributed by atoms with E-state index >= 15 is 0 Å². The SMILES string of the molecule is CC(=O)Nc1cc(S(=O)(=O)[O-])cc2cc(S(=O)(=O)[O-])c(N=Nc3ccc(C)cc3C)c(O)c12.[Na+].[Na+]. The second-order valence-electron chi connectivity index (χ2n) is 7.22. The van der Waals surface area contributed by atoms with E-state index in [1.54, 1.807) is 25.1 Å². The van der Waals surface area contributed by atoms with E-state index in [2.05, 4.69) is 15.5 Å². The quantitative estimate of drug-likeness (QED) is 0.201. The molecule has 174 valence electrons. The van der Waals surface area contributed by atoms with E-state index in [9.17, 15) is 35.8 Å². The van der Waals surface area contributed by atoms with E-state index in [1.165, 1.54) is 0 Å². The Balaban J connectivity index is 0.00000306. The van der Waals surface area contributed by atoms with Gasteiger partial charge in [0.2, 0.25) is 5.91 Å². The molecule has 0 aliphatic rings. The molecule has 0 heterocycles. The number of amides is 1. The summed E-state index contributed by atoms with van der Waals surface area (Å²) in [5.74, 6) is -1.52. The molecule has 3 rings (SSSR count). The van der Waals surface area contributed by atoms with E-state index in [0.717, 1.165) is 30.7 Å². The van der Waals surface area contributed by atoms with Crippen molar-refractivity contribution in [2.24, 2.45) is 10.2 Å². The third-order valence-electron chi connectivity index (χ3n) is 4.60. The van der Waals surface area contributed by atoms with Gasteiger partial charge in [0.25, 0.3) is 0 Å². The normalized spacial score (nSPS) is 11.7. The summed E-state index contributed by atoms with van der Waals surface area (Å²) in [5.41, 5.74) is 0.956. The van der Waals surface area contributed by atoms with Crippen LogP contribution in [-0.4, -0.2) is 37.0 Å². The van der Waals surface area contributed by atoms with Gasteiger partial charge in [-0.25, -0.2) is 16.8 Å². The Labute approximate surface area is 246 Å². The number of nitrogens with one attached hydrogen (secondary N) is 1. The van der Waals surface area contributed by atoms with Crippen molar-refractivity contribution in [1.29, 1.82) is 0 Å². The first-order valence-electron chi connectivity index (χ1n) is 9.20. The fourth-order valence-electron chi connectivity index (χ4n) is 3.20. The number of nitrogens with zero attached hydrogens (tertiary/aromatic N) is 2. The van der Waals surface area contributed by atoms with Gasteiger partial charge in [0.15, 0.2) is 5.75 Å². The van der Waals surface area contributed by atoms with Gasteiger partial charge in [0.1, 0.15) is 25.9 Å². The minimum atomic E-state index is -5.23. The fourth-order valence-corrected chi connectivity index (χ4v) is 4.38. The molecule has 0 bridgehead atoms. The Morgan fingerprint density at radius 3 is 2.09 bits per heavy atom. The van der Waals surface area contributed by atoms with Crippen molar-refractivity contribution in [1.82, 2.24) is 0 Å². The molecule has 0 radical (unpaired) electrons. The van der Waals surface area contributed by atoms with Crippen LogP contribution in [0, 0.1) is 13.8 Å². The van der Waals surface area contributed by atoms with Crippen molar-refractivity contribution in [3.8, 4) is 5.75 Å². The molecule has 0 aromatic heterocycles. The maximum atomic E-state index is 11.9. The molecule has 0 fully saturated rings. The van der Waals surface area contributed by atoms with Crippen molar-refractivity contribution < 1.29 is 95.0 Å². The Morgan fingerprint density at radius 1 is 0.943 bits per heavy atom. The van der Waals surface area contributed by atoms with Gasteiger partial charge in [-0.05, 0) is 49.1 Å². The van der Waals surface area contributed by atoms with Crippen molar-refractivity contribution in [3.05, 3.63) is 47.5 Å². The number of carbonyl (C=O) groups is 1. The van der Waals surface area contributed by atoms with Crippen LogP contribution in [0.2, 0.25) is 0 Å². The van der Waals surface area contributed by atoms with Gasteiger partial charge in [0.05, 0.1) is 21.2 Å². The summed E-state index contributed by atoms with van der Waals surface area (Å²) >= 11 is 0. The molecule has 3 aromatic rings. The Kier molecular flexibility index (Phi) is 10.6. The first-order valence-corrected chi connectivity index (χ1v) is 12.0. The molecule has 0 saturated carbocycles. The standard InChI is InChI=1S/C20H19N3O8S2.2Na/c1-10-4-5-15(11(2)6-10)22-23-19-17(33(29,30)31)8-13-7-14(32(26,27)28)9-16(21-12(3)24)18(13)20(19)25;;/h4-9,25H,1-3H3,(H,21,24)(H,26,27,28)(H,29,30,31);;/q;2*+1/p-2. The number of fused-ring (bicyclic) bond motifs is 1. The minimum absolute atomic E-state index is 0. The topological polar surface area (TPSA) is 188 Å². The molecule has 11 nitrogen and oxygen atoms in total. The van der Waals surface area contributed by atoms with Crippen LogP contribution in [0.5, 0.6) is 5.75 Å². The summed E-state index contributed by atoms with van der Waals surface area (Å²) in [6, 6.07) is 7.47.